The molecule has 0 bridgehead atoms. The Bertz CT molecular complexity index is 975. The predicted octanol–water partition coefficient (Wildman–Crippen LogP) is 19.5. The lowest BCUT2D eigenvalue weighted by Crippen LogP contribution is -2.45. The van der Waals surface area contributed by atoms with E-state index >= 15 is 0 Å². The van der Waals surface area contributed by atoms with Crippen molar-refractivity contribution in [1.82, 2.24) is 5.32 Å². The van der Waals surface area contributed by atoms with Crippen molar-refractivity contribution < 1.29 is 24.5 Å². The second-order valence-corrected chi connectivity index (χ2v) is 21.8. The number of aliphatic hydroxyl groups excluding tert-OH is 2. The summed E-state index contributed by atoms with van der Waals surface area (Å²) in [5, 5.41) is 23.4. The van der Waals surface area contributed by atoms with E-state index in [2.05, 4.69) is 19.2 Å². The van der Waals surface area contributed by atoms with Crippen LogP contribution in [0.3, 0.4) is 0 Å². The van der Waals surface area contributed by atoms with Crippen LogP contribution < -0.4 is 5.32 Å². The van der Waals surface area contributed by atoms with Crippen LogP contribution in [0.5, 0.6) is 0 Å². The van der Waals surface area contributed by atoms with Crippen LogP contribution in [0.4, 0.5) is 0 Å². The van der Waals surface area contributed by atoms with E-state index in [0.29, 0.717) is 25.9 Å². The van der Waals surface area contributed by atoms with E-state index in [4.69, 9.17) is 4.74 Å². The van der Waals surface area contributed by atoms with Gasteiger partial charge in [0.1, 0.15) is 0 Å². The van der Waals surface area contributed by atoms with E-state index in [0.717, 1.165) is 38.5 Å². The molecular formula is C62H123NO5. The van der Waals surface area contributed by atoms with E-state index in [1.54, 1.807) is 0 Å². The second-order valence-electron chi connectivity index (χ2n) is 21.8. The summed E-state index contributed by atoms with van der Waals surface area (Å²) in [6.07, 6.45) is 68.2. The number of nitrogens with one attached hydrogen (secondary N) is 1. The third-order valence-corrected chi connectivity index (χ3v) is 14.9. The molecule has 2 atom stereocenters. The molecular weight excluding hydrogens is 839 g/mol. The van der Waals surface area contributed by atoms with Gasteiger partial charge in [-0.2, -0.15) is 0 Å². The molecule has 0 aliphatic heterocycles. The van der Waals surface area contributed by atoms with Crippen molar-refractivity contribution in [2.45, 2.75) is 373 Å². The van der Waals surface area contributed by atoms with Crippen molar-refractivity contribution in [1.29, 1.82) is 0 Å². The SMILES string of the molecule is CCCCCCCCCCCCCCCCCCCCCCC(O)C(CO)NC(=O)CCCCCCCCCCCCCCCCCCOC(=O)CCCCCCCCCCCCCCCCC. The zero-order chi connectivity index (χ0) is 49.3. The summed E-state index contributed by atoms with van der Waals surface area (Å²) in [5.74, 6) is -0.0296. The third-order valence-electron chi connectivity index (χ3n) is 14.9. The van der Waals surface area contributed by atoms with Crippen LogP contribution in [-0.2, 0) is 14.3 Å². The third kappa shape index (κ3) is 54.2. The molecule has 0 saturated heterocycles. The Morgan fingerprint density at radius 2 is 0.603 bits per heavy atom. The van der Waals surface area contributed by atoms with Gasteiger partial charge in [-0.3, -0.25) is 9.59 Å². The molecule has 0 radical (unpaired) electrons. The van der Waals surface area contributed by atoms with Crippen molar-refractivity contribution in [3.05, 3.63) is 0 Å². The van der Waals surface area contributed by atoms with Crippen molar-refractivity contribution >= 4 is 11.9 Å². The quantitative estimate of drug-likeness (QED) is 0.0417. The lowest BCUT2D eigenvalue weighted by atomic mass is 10.0. The molecule has 3 N–H and O–H groups in total. The largest absolute Gasteiger partial charge is 0.466 e. The average molecular weight is 963 g/mol. The van der Waals surface area contributed by atoms with Crippen molar-refractivity contribution in [2.75, 3.05) is 13.2 Å². The number of rotatable bonds is 59. The highest BCUT2D eigenvalue weighted by atomic mass is 16.5. The molecule has 6 nitrogen and oxygen atoms in total. The molecule has 0 aliphatic rings. The first kappa shape index (κ1) is 66.9. The Morgan fingerprint density at radius 1 is 0.353 bits per heavy atom. The van der Waals surface area contributed by atoms with Crippen LogP contribution in [0.1, 0.15) is 361 Å². The zero-order valence-electron chi connectivity index (χ0n) is 46.4. The molecule has 0 rings (SSSR count). The molecule has 0 aromatic carbocycles. The summed E-state index contributed by atoms with van der Waals surface area (Å²) in [6, 6.07) is -0.546. The summed E-state index contributed by atoms with van der Waals surface area (Å²) < 4.78 is 5.49. The van der Waals surface area contributed by atoms with Gasteiger partial charge in [0.25, 0.3) is 0 Å². The highest BCUT2D eigenvalue weighted by Crippen LogP contribution is 2.19. The number of aliphatic hydroxyl groups is 2. The molecule has 0 aliphatic carbocycles. The molecule has 6 heteroatoms. The van der Waals surface area contributed by atoms with Crippen LogP contribution in [0.15, 0.2) is 0 Å². The number of hydrogen-bond acceptors (Lipinski definition) is 5. The number of amides is 1. The first-order chi connectivity index (χ1) is 33.5. The molecule has 2 unspecified atom stereocenters. The molecule has 406 valence electrons. The van der Waals surface area contributed by atoms with Crippen LogP contribution in [0.2, 0.25) is 0 Å². The van der Waals surface area contributed by atoms with Gasteiger partial charge in [0, 0.05) is 12.8 Å². The van der Waals surface area contributed by atoms with E-state index in [1.807, 2.05) is 0 Å². The minimum absolute atomic E-state index is 0.00750. The average Bonchev–Trinajstić information content (AvgIpc) is 3.34. The Morgan fingerprint density at radius 3 is 0.897 bits per heavy atom. The van der Waals surface area contributed by atoms with Crippen LogP contribution in [-0.4, -0.2) is 47.4 Å². The number of hydrogen-bond donors (Lipinski definition) is 3. The molecule has 0 saturated carbocycles. The molecule has 0 fully saturated rings. The maximum Gasteiger partial charge on any atom is 0.305 e. The van der Waals surface area contributed by atoms with E-state index in [1.165, 1.54) is 289 Å². The number of esters is 1. The molecule has 0 heterocycles. The van der Waals surface area contributed by atoms with E-state index in [-0.39, 0.29) is 18.5 Å². The Hall–Kier alpha value is -1.14. The summed E-state index contributed by atoms with van der Waals surface area (Å²) in [4.78, 5) is 24.6. The lowest BCUT2D eigenvalue weighted by Gasteiger charge is -2.22. The fraction of sp³-hybridized carbons (Fsp3) is 0.968. The normalized spacial score (nSPS) is 12.5. The molecule has 68 heavy (non-hydrogen) atoms. The van der Waals surface area contributed by atoms with Gasteiger partial charge in [0.2, 0.25) is 5.91 Å². The lowest BCUT2D eigenvalue weighted by molar-refractivity contribution is -0.143. The number of carbonyl (C=O) groups is 2. The molecule has 0 spiro atoms. The zero-order valence-corrected chi connectivity index (χ0v) is 46.4. The van der Waals surface area contributed by atoms with Crippen molar-refractivity contribution in [3.63, 3.8) is 0 Å². The van der Waals surface area contributed by atoms with Gasteiger partial charge in [0.15, 0.2) is 0 Å². The van der Waals surface area contributed by atoms with E-state index < -0.39 is 12.1 Å². The van der Waals surface area contributed by atoms with Gasteiger partial charge in [-0.25, -0.2) is 0 Å². The van der Waals surface area contributed by atoms with E-state index in [9.17, 15) is 19.8 Å². The summed E-state index contributed by atoms with van der Waals surface area (Å²) in [6.45, 7) is 4.98. The predicted molar refractivity (Wildman–Crippen MR) is 297 cm³/mol. The highest BCUT2D eigenvalue weighted by molar-refractivity contribution is 5.76. The van der Waals surface area contributed by atoms with Crippen molar-refractivity contribution in [2.24, 2.45) is 0 Å². The maximum absolute atomic E-state index is 12.5. The second kappa shape index (κ2) is 58.4. The van der Waals surface area contributed by atoms with Gasteiger partial charge in [-0.05, 0) is 25.7 Å². The van der Waals surface area contributed by atoms with Crippen LogP contribution in [0, 0.1) is 0 Å². The van der Waals surface area contributed by atoms with Gasteiger partial charge >= 0.3 is 5.97 Å². The minimum Gasteiger partial charge on any atom is -0.466 e. The fourth-order valence-electron chi connectivity index (χ4n) is 10.1. The number of unbranched alkanes of at least 4 members (excludes halogenated alkanes) is 48. The van der Waals surface area contributed by atoms with Gasteiger partial charge in [-0.1, -0.05) is 322 Å². The van der Waals surface area contributed by atoms with Crippen LogP contribution >= 0.6 is 0 Å². The minimum atomic E-state index is -0.668. The smallest absolute Gasteiger partial charge is 0.305 e. The van der Waals surface area contributed by atoms with Gasteiger partial charge in [-0.15, -0.1) is 0 Å². The topological polar surface area (TPSA) is 95.9 Å². The number of ether oxygens (including phenoxy) is 1. The monoisotopic (exact) mass is 962 g/mol. The standard InChI is InChI=1S/C62H123NO5/c1-3-5-7-9-11-13-15-17-19-20-21-22-23-27-30-34-38-42-46-50-54-60(65)59(58-64)63-61(66)55-51-47-43-39-35-31-28-24-25-29-33-37-41-45-49-53-57-68-62(67)56-52-48-44-40-36-32-26-18-16-14-12-10-8-6-4-2/h59-60,64-65H,3-58H2,1-2H3,(H,63,66). The summed E-state index contributed by atoms with van der Waals surface area (Å²) in [5.41, 5.74) is 0. The maximum atomic E-state index is 12.5. The number of carbonyl (C=O) groups excluding carboxylic acids is 2. The Kier molecular flexibility index (Phi) is 57.5. The first-order valence-corrected chi connectivity index (χ1v) is 31.3. The van der Waals surface area contributed by atoms with Gasteiger partial charge < -0.3 is 20.3 Å². The van der Waals surface area contributed by atoms with Crippen LogP contribution in [0.25, 0.3) is 0 Å². The van der Waals surface area contributed by atoms with Gasteiger partial charge in [0.05, 0.1) is 25.4 Å². The van der Waals surface area contributed by atoms with Crippen molar-refractivity contribution in [3.8, 4) is 0 Å². The Labute approximate surface area is 426 Å². The molecule has 0 aromatic heterocycles. The molecule has 1 amide bonds. The first-order valence-electron chi connectivity index (χ1n) is 31.3. The highest BCUT2D eigenvalue weighted by Gasteiger charge is 2.20. The summed E-state index contributed by atoms with van der Waals surface area (Å²) >= 11 is 0. The Balaban J connectivity index is 3.40. The summed E-state index contributed by atoms with van der Waals surface area (Å²) in [7, 11) is 0. The molecule has 0 aromatic rings. The fourth-order valence-corrected chi connectivity index (χ4v) is 10.1.